The molecule has 0 amide bonds. The van der Waals surface area contributed by atoms with Crippen LogP contribution in [0.2, 0.25) is 4.34 Å². The van der Waals surface area contributed by atoms with Crippen LogP contribution in [0, 0.1) is 0 Å². The number of ether oxygens (including phenoxy) is 1. The van der Waals surface area contributed by atoms with E-state index in [1.165, 1.54) is 4.88 Å². The summed E-state index contributed by atoms with van der Waals surface area (Å²) in [6, 6.07) is 14.3. The average Bonchev–Trinajstić information content (AvgIpc) is 2.90. The maximum Gasteiger partial charge on any atom is 0.119 e. The molecule has 108 valence electrons. The Hall–Kier alpha value is -1.03. The molecule has 0 spiro atoms. The Labute approximate surface area is 129 Å². The molecule has 1 atom stereocenters. The Bertz CT molecular complexity index is 500. The molecule has 0 aliphatic heterocycles. The van der Waals surface area contributed by atoms with Gasteiger partial charge in [0.2, 0.25) is 0 Å². The van der Waals surface area contributed by atoms with Gasteiger partial charge in [0.05, 0.1) is 10.9 Å². The van der Waals surface area contributed by atoms with E-state index in [9.17, 15) is 0 Å². The molecule has 1 aromatic carbocycles. The van der Waals surface area contributed by atoms with Gasteiger partial charge in [0.25, 0.3) is 0 Å². The van der Waals surface area contributed by atoms with Gasteiger partial charge in [-0.25, -0.2) is 0 Å². The summed E-state index contributed by atoms with van der Waals surface area (Å²) < 4.78 is 6.62. The third kappa shape index (κ3) is 4.82. The molecule has 2 rings (SSSR count). The van der Waals surface area contributed by atoms with Crippen molar-refractivity contribution in [1.82, 2.24) is 5.32 Å². The van der Waals surface area contributed by atoms with Crippen molar-refractivity contribution in [2.45, 2.75) is 25.8 Å². The van der Waals surface area contributed by atoms with Crippen molar-refractivity contribution in [1.29, 1.82) is 0 Å². The predicted molar refractivity (Wildman–Crippen MR) is 86.9 cm³/mol. The van der Waals surface area contributed by atoms with E-state index in [0.29, 0.717) is 12.6 Å². The molecule has 0 saturated carbocycles. The average molecular weight is 310 g/mol. The maximum absolute atomic E-state index is 6.03. The van der Waals surface area contributed by atoms with E-state index in [1.807, 2.05) is 36.4 Å². The fourth-order valence-electron chi connectivity index (χ4n) is 1.99. The highest BCUT2D eigenvalue weighted by Gasteiger charge is 2.13. The molecule has 0 saturated heterocycles. The molecule has 2 aromatic rings. The van der Waals surface area contributed by atoms with E-state index in [4.69, 9.17) is 16.3 Å². The van der Waals surface area contributed by atoms with Gasteiger partial charge in [0.15, 0.2) is 0 Å². The fourth-order valence-corrected chi connectivity index (χ4v) is 3.16. The molecule has 1 aromatic heterocycles. The van der Waals surface area contributed by atoms with Crippen LogP contribution < -0.4 is 10.1 Å². The molecule has 4 heteroatoms. The van der Waals surface area contributed by atoms with Crippen LogP contribution in [-0.4, -0.2) is 13.2 Å². The zero-order chi connectivity index (χ0) is 14.2. The van der Waals surface area contributed by atoms with Crippen LogP contribution in [-0.2, 0) is 0 Å². The number of halogens is 1. The number of hydrogen-bond donors (Lipinski definition) is 1. The van der Waals surface area contributed by atoms with Crippen molar-refractivity contribution >= 4 is 22.9 Å². The molecule has 1 N–H and O–H groups in total. The lowest BCUT2D eigenvalue weighted by Gasteiger charge is -2.17. The van der Waals surface area contributed by atoms with E-state index in [-0.39, 0.29) is 0 Å². The third-order valence-corrected chi connectivity index (χ3v) is 4.34. The standard InChI is InChI=1S/C16H20ClNOS/c1-2-11-18-14(15-8-9-16(17)20-15)10-12-19-13-6-4-3-5-7-13/h3-9,14,18H,2,10-12H2,1H3. The number of benzene rings is 1. The summed E-state index contributed by atoms with van der Waals surface area (Å²) in [5.41, 5.74) is 0. The highest BCUT2D eigenvalue weighted by atomic mass is 35.5. The summed E-state index contributed by atoms with van der Waals surface area (Å²) in [7, 11) is 0. The van der Waals surface area contributed by atoms with Gasteiger partial charge in [-0.2, -0.15) is 0 Å². The maximum atomic E-state index is 6.03. The van der Waals surface area contributed by atoms with E-state index < -0.39 is 0 Å². The lowest BCUT2D eigenvalue weighted by Crippen LogP contribution is -2.23. The smallest absolute Gasteiger partial charge is 0.119 e. The summed E-state index contributed by atoms with van der Waals surface area (Å²) in [4.78, 5) is 1.28. The summed E-state index contributed by atoms with van der Waals surface area (Å²) in [5.74, 6) is 0.922. The molecule has 0 aliphatic carbocycles. The van der Waals surface area contributed by atoms with Crippen LogP contribution in [0.25, 0.3) is 0 Å². The Morgan fingerprint density at radius 3 is 2.65 bits per heavy atom. The van der Waals surface area contributed by atoms with Crippen molar-refractivity contribution in [2.75, 3.05) is 13.2 Å². The van der Waals surface area contributed by atoms with Gasteiger partial charge in [-0.3, -0.25) is 0 Å². The van der Waals surface area contributed by atoms with Crippen molar-refractivity contribution < 1.29 is 4.74 Å². The SMILES string of the molecule is CCCNC(CCOc1ccccc1)c1ccc(Cl)s1. The van der Waals surface area contributed by atoms with E-state index >= 15 is 0 Å². The fraction of sp³-hybridized carbons (Fsp3) is 0.375. The first-order chi connectivity index (χ1) is 9.79. The Morgan fingerprint density at radius 2 is 2.00 bits per heavy atom. The van der Waals surface area contributed by atoms with Crippen LogP contribution in [0.3, 0.4) is 0 Å². The summed E-state index contributed by atoms with van der Waals surface area (Å²) in [5, 5.41) is 3.56. The lowest BCUT2D eigenvalue weighted by atomic mass is 10.1. The number of para-hydroxylation sites is 1. The van der Waals surface area contributed by atoms with Crippen molar-refractivity contribution in [2.24, 2.45) is 0 Å². The van der Waals surface area contributed by atoms with Crippen LogP contribution in [0.4, 0.5) is 0 Å². The van der Waals surface area contributed by atoms with Gasteiger partial charge in [0.1, 0.15) is 5.75 Å². The van der Waals surface area contributed by atoms with Crippen LogP contribution >= 0.6 is 22.9 Å². The van der Waals surface area contributed by atoms with Crippen molar-refractivity contribution in [3.63, 3.8) is 0 Å². The molecular weight excluding hydrogens is 290 g/mol. The van der Waals surface area contributed by atoms with E-state index in [0.717, 1.165) is 29.5 Å². The molecule has 20 heavy (non-hydrogen) atoms. The van der Waals surface area contributed by atoms with Crippen molar-refractivity contribution in [3.05, 3.63) is 51.7 Å². The Balaban J connectivity index is 1.87. The minimum atomic E-state index is 0.316. The van der Waals surface area contributed by atoms with Gasteiger partial charge in [-0.1, -0.05) is 36.7 Å². The first kappa shape index (κ1) is 15.4. The molecular formula is C16H20ClNOS. The monoisotopic (exact) mass is 309 g/mol. The second-order valence-corrected chi connectivity index (χ2v) is 6.35. The largest absolute Gasteiger partial charge is 0.494 e. The predicted octanol–water partition coefficient (Wildman–Crippen LogP) is 4.91. The number of thiophene rings is 1. The second kappa shape index (κ2) is 8.30. The molecule has 0 bridgehead atoms. The van der Waals surface area contributed by atoms with Crippen LogP contribution in [0.15, 0.2) is 42.5 Å². The highest BCUT2D eigenvalue weighted by molar-refractivity contribution is 7.16. The first-order valence-corrected chi connectivity index (χ1v) is 8.15. The highest BCUT2D eigenvalue weighted by Crippen LogP contribution is 2.28. The number of nitrogens with one attached hydrogen (secondary N) is 1. The Kier molecular flexibility index (Phi) is 6.37. The van der Waals surface area contributed by atoms with Crippen LogP contribution in [0.5, 0.6) is 5.75 Å². The van der Waals surface area contributed by atoms with Gasteiger partial charge >= 0.3 is 0 Å². The Morgan fingerprint density at radius 1 is 1.20 bits per heavy atom. The normalized spacial score (nSPS) is 12.3. The topological polar surface area (TPSA) is 21.3 Å². The quantitative estimate of drug-likeness (QED) is 0.748. The molecule has 0 radical (unpaired) electrons. The van der Waals surface area contributed by atoms with Crippen molar-refractivity contribution in [3.8, 4) is 5.75 Å². The lowest BCUT2D eigenvalue weighted by molar-refractivity contribution is 0.287. The minimum absolute atomic E-state index is 0.316. The van der Waals surface area contributed by atoms with Gasteiger partial charge in [0, 0.05) is 17.3 Å². The minimum Gasteiger partial charge on any atom is -0.494 e. The van der Waals surface area contributed by atoms with E-state index in [1.54, 1.807) is 11.3 Å². The third-order valence-electron chi connectivity index (χ3n) is 3.00. The van der Waals surface area contributed by atoms with Crippen LogP contribution in [0.1, 0.15) is 30.7 Å². The van der Waals surface area contributed by atoms with Gasteiger partial charge in [-0.15, -0.1) is 11.3 Å². The zero-order valence-corrected chi connectivity index (χ0v) is 13.2. The van der Waals surface area contributed by atoms with Gasteiger partial charge in [-0.05, 0) is 37.2 Å². The first-order valence-electron chi connectivity index (χ1n) is 6.96. The second-order valence-electron chi connectivity index (χ2n) is 4.60. The molecule has 1 heterocycles. The summed E-state index contributed by atoms with van der Waals surface area (Å²) >= 11 is 7.67. The van der Waals surface area contributed by atoms with Gasteiger partial charge < -0.3 is 10.1 Å². The number of rotatable bonds is 8. The molecule has 2 nitrogen and oxygen atoms in total. The summed E-state index contributed by atoms with van der Waals surface area (Å²) in [6.45, 7) is 3.87. The molecule has 1 unspecified atom stereocenters. The number of hydrogen-bond acceptors (Lipinski definition) is 3. The molecule has 0 aliphatic rings. The summed E-state index contributed by atoms with van der Waals surface area (Å²) in [6.07, 6.45) is 2.06. The zero-order valence-electron chi connectivity index (χ0n) is 11.6. The molecule has 0 fully saturated rings. The van der Waals surface area contributed by atoms with E-state index in [2.05, 4.69) is 18.3 Å².